The summed E-state index contributed by atoms with van der Waals surface area (Å²) in [7, 11) is 0. The van der Waals surface area contributed by atoms with E-state index in [1.165, 1.54) is 0 Å². The maximum atomic E-state index is 9.04. The zero-order valence-corrected chi connectivity index (χ0v) is 6.98. The quantitative estimate of drug-likeness (QED) is 0.628. The van der Waals surface area contributed by atoms with Crippen molar-refractivity contribution in [2.75, 3.05) is 5.32 Å². The van der Waals surface area contributed by atoms with E-state index in [9.17, 15) is 0 Å². The van der Waals surface area contributed by atoms with Gasteiger partial charge in [0.05, 0.1) is 4.99 Å². The Morgan fingerprint density at radius 2 is 2.27 bits per heavy atom. The summed E-state index contributed by atoms with van der Waals surface area (Å²) in [5, 5.41) is 12.0. The van der Waals surface area contributed by atoms with Gasteiger partial charge in [-0.1, -0.05) is 18.3 Å². The van der Waals surface area contributed by atoms with Gasteiger partial charge in [-0.3, -0.25) is 0 Å². The molecule has 0 fully saturated rings. The van der Waals surface area contributed by atoms with Crippen molar-refractivity contribution in [3.8, 4) is 5.75 Å². The highest BCUT2D eigenvalue weighted by atomic mass is 32.1. The van der Waals surface area contributed by atoms with Gasteiger partial charge in [-0.05, 0) is 19.1 Å². The van der Waals surface area contributed by atoms with Gasteiger partial charge in [0.25, 0.3) is 0 Å². The van der Waals surface area contributed by atoms with Gasteiger partial charge in [0.2, 0.25) is 0 Å². The van der Waals surface area contributed by atoms with Gasteiger partial charge < -0.3 is 10.4 Å². The minimum Gasteiger partial charge on any atom is -0.508 e. The van der Waals surface area contributed by atoms with Crippen LogP contribution in [0.5, 0.6) is 5.75 Å². The molecule has 0 amide bonds. The van der Waals surface area contributed by atoms with E-state index in [1.807, 2.05) is 6.07 Å². The van der Waals surface area contributed by atoms with E-state index >= 15 is 0 Å². The lowest BCUT2D eigenvalue weighted by molar-refractivity contribution is 0.475. The highest BCUT2D eigenvalue weighted by Gasteiger charge is 1.92. The molecule has 0 aliphatic rings. The number of rotatable bonds is 1. The Bertz CT molecular complexity index is 273. The standard InChI is InChI=1S/C8H9NOS/c1-6(11)9-7-3-2-4-8(10)5-7/h2-5,10H,1H3,(H,9,11). The van der Waals surface area contributed by atoms with Crippen LogP contribution in [0.15, 0.2) is 24.3 Å². The molecule has 0 aromatic heterocycles. The molecule has 0 heterocycles. The summed E-state index contributed by atoms with van der Waals surface area (Å²) in [5.41, 5.74) is 0.817. The van der Waals surface area contributed by atoms with Gasteiger partial charge in [0.1, 0.15) is 5.75 Å². The number of hydrogen-bond donors (Lipinski definition) is 2. The Labute approximate surface area is 70.9 Å². The Balaban J connectivity index is 2.79. The zero-order valence-electron chi connectivity index (χ0n) is 6.16. The van der Waals surface area contributed by atoms with E-state index in [0.29, 0.717) is 4.99 Å². The van der Waals surface area contributed by atoms with E-state index in [4.69, 9.17) is 17.3 Å². The number of aromatic hydroxyl groups is 1. The van der Waals surface area contributed by atoms with Crippen LogP contribution in [0.1, 0.15) is 6.92 Å². The Morgan fingerprint density at radius 1 is 1.55 bits per heavy atom. The number of phenols is 1. The molecule has 0 radical (unpaired) electrons. The Kier molecular flexibility index (Phi) is 2.44. The van der Waals surface area contributed by atoms with Crippen molar-refractivity contribution in [3.63, 3.8) is 0 Å². The smallest absolute Gasteiger partial charge is 0.117 e. The molecule has 2 N–H and O–H groups in total. The summed E-state index contributed by atoms with van der Waals surface area (Å²) in [6.07, 6.45) is 0. The van der Waals surface area contributed by atoms with Gasteiger partial charge in [-0.15, -0.1) is 0 Å². The molecule has 0 spiro atoms. The fraction of sp³-hybridized carbons (Fsp3) is 0.125. The van der Waals surface area contributed by atoms with Crippen molar-refractivity contribution >= 4 is 22.9 Å². The van der Waals surface area contributed by atoms with Crippen molar-refractivity contribution in [1.82, 2.24) is 0 Å². The molecule has 0 saturated carbocycles. The first kappa shape index (κ1) is 8.01. The predicted molar refractivity (Wildman–Crippen MR) is 50.0 cm³/mol. The van der Waals surface area contributed by atoms with Crippen LogP contribution in [-0.2, 0) is 0 Å². The lowest BCUT2D eigenvalue weighted by atomic mass is 10.3. The van der Waals surface area contributed by atoms with E-state index in [1.54, 1.807) is 25.1 Å². The van der Waals surface area contributed by atoms with Crippen molar-refractivity contribution in [2.24, 2.45) is 0 Å². The maximum Gasteiger partial charge on any atom is 0.117 e. The minimum atomic E-state index is 0.242. The average molecular weight is 167 g/mol. The van der Waals surface area contributed by atoms with Crippen LogP contribution in [0.4, 0.5) is 5.69 Å². The monoisotopic (exact) mass is 167 g/mol. The summed E-state index contributed by atoms with van der Waals surface area (Å²) in [5.74, 6) is 0.242. The number of thiocarbonyl (C=S) groups is 1. The molecule has 2 nitrogen and oxygen atoms in total. The molecule has 11 heavy (non-hydrogen) atoms. The lowest BCUT2D eigenvalue weighted by Gasteiger charge is -2.02. The first-order valence-electron chi connectivity index (χ1n) is 3.25. The maximum absolute atomic E-state index is 9.04. The summed E-state index contributed by atoms with van der Waals surface area (Å²) >= 11 is 4.83. The average Bonchev–Trinajstić information content (AvgIpc) is 1.85. The molecule has 0 unspecified atom stereocenters. The summed E-state index contributed by atoms with van der Waals surface area (Å²) < 4.78 is 0. The van der Waals surface area contributed by atoms with Crippen molar-refractivity contribution < 1.29 is 5.11 Å². The lowest BCUT2D eigenvalue weighted by Crippen LogP contribution is -2.02. The Hall–Kier alpha value is -1.09. The van der Waals surface area contributed by atoms with Gasteiger partial charge in [-0.2, -0.15) is 0 Å². The molecule has 0 saturated heterocycles. The van der Waals surface area contributed by atoms with Gasteiger partial charge in [-0.25, -0.2) is 0 Å². The molecule has 0 bridgehead atoms. The Morgan fingerprint density at radius 3 is 2.82 bits per heavy atom. The highest BCUT2D eigenvalue weighted by molar-refractivity contribution is 7.80. The molecule has 0 aliphatic heterocycles. The van der Waals surface area contributed by atoms with Gasteiger partial charge in [0.15, 0.2) is 0 Å². The van der Waals surface area contributed by atoms with Crippen LogP contribution in [0.2, 0.25) is 0 Å². The first-order chi connectivity index (χ1) is 5.18. The van der Waals surface area contributed by atoms with Crippen molar-refractivity contribution in [2.45, 2.75) is 6.92 Å². The topological polar surface area (TPSA) is 32.3 Å². The zero-order chi connectivity index (χ0) is 8.27. The molecular formula is C8H9NOS. The van der Waals surface area contributed by atoms with E-state index in [2.05, 4.69) is 5.32 Å². The van der Waals surface area contributed by atoms with Crippen molar-refractivity contribution in [1.29, 1.82) is 0 Å². The first-order valence-corrected chi connectivity index (χ1v) is 3.66. The fourth-order valence-corrected chi connectivity index (χ4v) is 0.905. The molecule has 0 atom stereocenters. The molecule has 1 aromatic carbocycles. The van der Waals surface area contributed by atoms with Crippen LogP contribution in [-0.4, -0.2) is 10.1 Å². The van der Waals surface area contributed by atoms with Gasteiger partial charge in [0, 0.05) is 11.8 Å². The summed E-state index contributed by atoms with van der Waals surface area (Å²) in [4.78, 5) is 0.690. The third-order valence-corrected chi connectivity index (χ3v) is 1.27. The molecule has 3 heteroatoms. The van der Waals surface area contributed by atoms with Gasteiger partial charge >= 0.3 is 0 Å². The summed E-state index contributed by atoms with van der Waals surface area (Å²) in [6.45, 7) is 1.79. The second kappa shape index (κ2) is 3.34. The third kappa shape index (κ3) is 2.55. The second-order valence-electron chi connectivity index (χ2n) is 2.23. The number of anilines is 1. The van der Waals surface area contributed by atoms with Crippen LogP contribution in [0, 0.1) is 0 Å². The molecule has 1 aromatic rings. The van der Waals surface area contributed by atoms with Crippen LogP contribution in [0.3, 0.4) is 0 Å². The SMILES string of the molecule is CC(=S)Nc1cccc(O)c1. The highest BCUT2D eigenvalue weighted by Crippen LogP contribution is 2.14. The predicted octanol–water partition coefficient (Wildman–Crippen LogP) is 2.15. The number of benzene rings is 1. The minimum absolute atomic E-state index is 0.242. The van der Waals surface area contributed by atoms with Crippen molar-refractivity contribution in [3.05, 3.63) is 24.3 Å². The molecular weight excluding hydrogens is 158 g/mol. The molecule has 0 aliphatic carbocycles. The van der Waals surface area contributed by atoms with E-state index in [-0.39, 0.29) is 5.75 Å². The normalized spacial score (nSPS) is 9.18. The van der Waals surface area contributed by atoms with Crippen LogP contribution >= 0.6 is 12.2 Å². The summed E-state index contributed by atoms with van der Waals surface area (Å²) in [6, 6.07) is 6.84. The van der Waals surface area contributed by atoms with Crippen LogP contribution < -0.4 is 5.32 Å². The molecule has 1 rings (SSSR count). The van der Waals surface area contributed by atoms with Crippen LogP contribution in [0.25, 0.3) is 0 Å². The third-order valence-electron chi connectivity index (χ3n) is 1.17. The number of nitrogens with one attached hydrogen (secondary N) is 1. The number of phenolic OH excluding ortho intramolecular Hbond substituents is 1. The fourth-order valence-electron chi connectivity index (χ4n) is 0.787. The van der Waals surface area contributed by atoms with E-state index in [0.717, 1.165) is 5.69 Å². The largest absolute Gasteiger partial charge is 0.508 e. The van der Waals surface area contributed by atoms with E-state index < -0.39 is 0 Å². The number of hydrogen-bond acceptors (Lipinski definition) is 2. The second-order valence-corrected chi connectivity index (χ2v) is 2.84. The molecule has 58 valence electrons.